The molecule has 0 unspecified atom stereocenters. The van der Waals surface area contributed by atoms with E-state index in [1.54, 1.807) is 0 Å². The van der Waals surface area contributed by atoms with E-state index in [1.165, 1.54) is 41.3 Å². The number of ether oxygens (including phenoxy) is 1. The summed E-state index contributed by atoms with van der Waals surface area (Å²) in [6.45, 7) is 6.25. The fraction of sp³-hybridized carbons (Fsp3) is 0.333. The van der Waals surface area contributed by atoms with Crippen LogP contribution in [0, 0.1) is 24.0 Å². The third kappa shape index (κ3) is 4.35. The lowest BCUT2D eigenvalue weighted by Crippen LogP contribution is -2.51. The van der Waals surface area contributed by atoms with E-state index in [0.717, 1.165) is 5.69 Å². The molecule has 2 aromatic rings. The number of hydrogen-bond acceptors (Lipinski definition) is 6. The smallest absolute Gasteiger partial charge is 0.314 e. The van der Waals surface area contributed by atoms with Crippen LogP contribution in [0.3, 0.4) is 0 Å². The predicted molar refractivity (Wildman–Crippen MR) is 113 cm³/mol. The Balaban J connectivity index is 1.63. The number of piperazine rings is 1. The number of amides is 2. The van der Waals surface area contributed by atoms with E-state index in [4.69, 9.17) is 4.74 Å². The van der Waals surface area contributed by atoms with E-state index >= 15 is 0 Å². The van der Waals surface area contributed by atoms with Gasteiger partial charge in [0.05, 0.1) is 23.8 Å². The molecule has 1 saturated heterocycles. The normalized spacial score (nSPS) is 13.7. The highest BCUT2D eigenvalue weighted by atomic mass is 16.6. The molecule has 158 valence electrons. The van der Waals surface area contributed by atoms with Gasteiger partial charge in [-0.15, -0.1) is 0 Å². The number of anilines is 2. The summed E-state index contributed by atoms with van der Waals surface area (Å²) < 4.78 is 5.10. The van der Waals surface area contributed by atoms with Crippen molar-refractivity contribution in [3.05, 3.63) is 57.6 Å². The number of nitro benzene ring substituents is 1. The molecule has 0 saturated carbocycles. The van der Waals surface area contributed by atoms with E-state index in [9.17, 15) is 19.7 Å². The number of nitro groups is 1. The first-order chi connectivity index (χ1) is 14.3. The Kier molecular flexibility index (Phi) is 6.20. The number of non-ortho nitro benzene ring substituents is 1. The summed E-state index contributed by atoms with van der Waals surface area (Å²) in [7, 11) is 1.34. The highest BCUT2D eigenvalue weighted by Gasteiger charge is 2.27. The van der Waals surface area contributed by atoms with Crippen LogP contribution in [0.1, 0.15) is 11.1 Å². The third-order valence-corrected chi connectivity index (χ3v) is 5.32. The standard InChI is InChI=1S/C21H24N4O5/c1-14-5-4-6-18(15(14)2)23-9-11-24(12-10-23)21(27)20(26)22-17-8-7-16(25(28)29)13-19(17)30-3/h4-8,13H,9-12H2,1-3H3,(H,22,26). The number of hydrogen-bond donors (Lipinski definition) is 1. The topological polar surface area (TPSA) is 105 Å². The van der Waals surface area contributed by atoms with Crippen molar-refractivity contribution in [2.45, 2.75) is 13.8 Å². The monoisotopic (exact) mass is 412 g/mol. The highest BCUT2D eigenvalue weighted by Crippen LogP contribution is 2.29. The number of aryl methyl sites for hydroxylation is 1. The van der Waals surface area contributed by atoms with Gasteiger partial charge < -0.3 is 19.9 Å². The number of methoxy groups -OCH3 is 1. The number of rotatable bonds is 4. The second-order valence-electron chi connectivity index (χ2n) is 7.09. The highest BCUT2D eigenvalue weighted by molar-refractivity contribution is 6.39. The van der Waals surface area contributed by atoms with Crippen LogP contribution in [0.2, 0.25) is 0 Å². The van der Waals surface area contributed by atoms with Gasteiger partial charge in [-0.25, -0.2) is 0 Å². The van der Waals surface area contributed by atoms with Crippen LogP contribution in [0.4, 0.5) is 17.1 Å². The first kappa shape index (κ1) is 21.1. The van der Waals surface area contributed by atoms with Crippen LogP contribution in [0.15, 0.2) is 36.4 Å². The Morgan fingerprint density at radius 1 is 1.10 bits per heavy atom. The van der Waals surface area contributed by atoms with Gasteiger partial charge >= 0.3 is 11.8 Å². The predicted octanol–water partition coefficient (Wildman–Crippen LogP) is 2.51. The summed E-state index contributed by atoms with van der Waals surface area (Å²) in [6.07, 6.45) is 0. The van der Waals surface area contributed by atoms with Gasteiger partial charge in [0.2, 0.25) is 0 Å². The molecule has 1 N–H and O–H groups in total. The summed E-state index contributed by atoms with van der Waals surface area (Å²) in [6, 6.07) is 9.93. The van der Waals surface area contributed by atoms with Gasteiger partial charge in [-0.05, 0) is 37.1 Å². The maximum absolute atomic E-state index is 12.6. The molecule has 2 aromatic carbocycles. The van der Waals surface area contributed by atoms with Crippen LogP contribution in [0.25, 0.3) is 0 Å². The molecule has 0 radical (unpaired) electrons. The van der Waals surface area contributed by atoms with Crippen LogP contribution in [0.5, 0.6) is 5.75 Å². The van der Waals surface area contributed by atoms with E-state index in [1.807, 2.05) is 6.07 Å². The van der Waals surface area contributed by atoms with Crippen LogP contribution in [-0.2, 0) is 9.59 Å². The van der Waals surface area contributed by atoms with Crippen molar-refractivity contribution < 1.29 is 19.2 Å². The number of carbonyl (C=O) groups excluding carboxylic acids is 2. The van der Waals surface area contributed by atoms with Gasteiger partial charge in [-0.3, -0.25) is 19.7 Å². The number of carbonyl (C=O) groups is 2. The second-order valence-corrected chi connectivity index (χ2v) is 7.09. The van der Waals surface area contributed by atoms with Gasteiger partial charge in [0.15, 0.2) is 0 Å². The minimum absolute atomic E-state index is 0.116. The molecule has 0 aliphatic carbocycles. The zero-order valence-electron chi connectivity index (χ0n) is 17.2. The molecule has 0 spiro atoms. The Hall–Kier alpha value is -3.62. The summed E-state index contributed by atoms with van der Waals surface area (Å²) in [4.78, 5) is 39.1. The van der Waals surface area contributed by atoms with E-state index < -0.39 is 16.7 Å². The van der Waals surface area contributed by atoms with Gasteiger partial charge in [-0.1, -0.05) is 12.1 Å². The first-order valence-corrected chi connectivity index (χ1v) is 9.55. The SMILES string of the molecule is COc1cc([N+](=O)[O-])ccc1NC(=O)C(=O)N1CCN(c2cccc(C)c2C)CC1. The lowest BCUT2D eigenvalue weighted by atomic mass is 10.1. The lowest BCUT2D eigenvalue weighted by Gasteiger charge is -2.36. The quantitative estimate of drug-likeness (QED) is 0.470. The molecule has 9 heteroatoms. The lowest BCUT2D eigenvalue weighted by molar-refractivity contribution is -0.384. The van der Waals surface area contributed by atoms with Crippen molar-refractivity contribution in [3.63, 3.8) is 0 Å². The molecule has 30 heavy (non-hydrogen) atoms. The Labute approximate surface area is 174 Å². The molecule has 0 atom stereocenters. The van der Waals surface area contributed by atoms with Gasteiger partial charge in [0, 0.05) is 37.9 Å². The van der Waals surface area contributed by atoms with Crippen molar-refractivity contribution >= 4 is 28.9 Å². The summed E-state index contributed by atoms with van der Waals surface area (Å²) in [5.74, 6) is -1.33. The van der Waals surface area contributed by atoms with Crippen molar-refractivity contribution in [2.24, 2.45) is 0 Å². The summed E-state index contributed by atoms with van der Waals surface area (Å²) in [5, 5.41) is 13.4. The van der Waals surface area contributed by atoms with Gasteiger partial charge in [-0.2, -0.15) is 0 Å². The van der Waals surface area contributed by atoms with Crippen molar-refractivity contribution in [2.75, 3.05) is 43.5 Å². The Morgan fingerprint density at radius 3 is 2.43 bits per heavy atom. The fourth-order valence-electron chi connectivity index (χ4n) is 3.44. The molecule has 1 aliphatic rings. The summed E-state index contributed by atoms with van der Waals surface area (Å²) in [5.41, 5.74) is 3.60. The number of nitrogens with one attached hydrogen (secondary N) is 1. The molecule has 2 amide bonds. The molecule has 0 aromatic heterocycles. The van der Waals surface area contributed by atoms with E-state index in [-0.39, 0.29) is 17.1 Å². The van der Waals surface area contributed by atoms with E-state index in [2.05, 4.69) is 36.2 Å². The number of nitrogens with zero attached hydrogens (tertiary/aromatic N) is 3. The average Bonchev–Trinajstić information content (AvgIpc) is 2.75. The zero-order chi connectivity index (χ0) is 21.8. The van der Waals surface area contributed by atoms with Crippen molar-refractivity contribution in [1.82, 2.24) is 4.90 Å². The average molecular weight is 412 g/mol. The molecule has 1 heterocycles. The van der Waals surface area contributed by atoms with Crippen LogP contribution >= 0.6 is 0 Å². The van der Waals surface area contributed by atoms with Crippen molar-refractivity contribution in [1.29, 1.82) is 0 Å². The Morgan fingerprint density at radius 2 is 1.80 bits per heavy atom. The number of benzene rings is 2. The first-order valence-electron chi connectivity index (χ1n) is 9.55. The third-order valence-electron chi connectivity index (χ3n) is 5.32. The molecule has 1 fully saturated rings. The molecular formula is C21H24N4O5. The largest absolute Gasteiger partial charge is 0.494 e. The van der Waals surface area contributed by atoms with Crippen molar-refractivity contribution in [3.8, 4) is 5.75 Å². The van der Waals surface area contributed by atoms with Crippen LogP contribution < -0.4 is 15.0 Å². The Bertz CT molecular complexity index is 983. The van der Waals surface area contributed by atoms with Crippen LogP contribution in [-0.4, -0.2) is 54.9 Å². The zero-order valence-corrected chi connectivity index (χ0v) is 17.2. The molecular weight excluding hydrogens is 388 g/mol. The minimum Gasteiger partial charge on any atom is -0.494 e. The molecule has 0 bridgehead atoms. The molecule has 3 rings (SSSR count). The fourth-order valence-corrected chi connectivity index (χ4v) is 3.44. The summed E-state index contributed by atoms with van der Waals surface area (Å²) >= 11 is 0. The van der Waals surface area contributed by atoms with Gasteiger partial charge in [0.25, 0.3) is 5.69 Å². The maximum Gasteiger partial charge on any atom is 0.314 e. The minimum atomic E-state index is -0.803. The molecule has 9 nitrogen and oxygen atoms in total. The maximum atomic E-state index is 12.6. The second kappa shape index (κ2) is 8.81. The van der Waals surface area contributed by atoms with Gasteiger partial charge in [0.1, 0.15) is 5.75 Å². The van der Waals surface area contributed by atoms with E-state index in [0.29, 0.717) is 26.2 Å². The molecule has 1 aliphatic heterocycles.